The number of amides is 1. The van der Waals surface area contributed by atoms with Gasteiger partial charge in [-0.1, -0.05) is 35.9 Å². The van der Waals surface area contributed by atoms with E-state index in [1.54, 1.807) is 6.07 Å². The Morgan fingerprint density at radius 2 is 1.70 bits per heavy atom. The number of rotatable bonds is 2. The molecular formula is C19H19N3O. The molecule has 0 aliphatic rings. The summed E-state index contributed by atoms with van der Waals surface area (Å²) in [6, 6.07) is 13.5. The van der Waals surface area contributed by atoms with Crippen molar-refractivity contribution in [2.75, 3.05) is 11.1 Å². The van der Waals surface area contributed by atoms with Crippen molar-refractivity contribution in [3.05, 3.63) is 64.7 Å². The van der Waals surface area contributed by atoms with Crippen molar-refractivity contribution in [1.29, 1.82) is 0 Å². The summed E-state index contributed by atoms with van der Waals surface area (Å²) in [4.78, 5) is 17.0. The van der Waals surface area contributed by atoms with Gasteiger partial charge in [0.2, 0.25) is 0 Å². The second-order valence-electron chi connectivity index (χ2n) is 5.84. The lowest BCUT2D eigenvalue weighted by molar-refractivity contribution is 0.102. The number of aryl methyl sites for hydroxylation is 3. The summed E-state index contributed by atoms with van der Waals surface area (Å²) in [7, 11) is 0. The molecule has 4 heteroatoms. The molecule has 0 radical (unpaired) electrons. The molecule has 2 aromatic carbocycles. The standard InChI is InChI=1S/C19H19N3O/c1-11-8-12(2)17(13(3)9-11)22-19(23)15-10-14-6-4-5-7-16(14)21-18(15)20/h4-10H,1-3H3,(H2,20,21)(H,22,23). The summed E-state index contributed by atoms with van der Waals surface area (Å²) in [5, 5.41) is 3.86. The molecule has 1 heterocycles. The summed E-state index contributed by atoms with van der Waals surface area (Å²) in [6.45, 7) is 6.01. The third kappa shape index (κ3) is 2.88. The highest BCUT2D eigenvalue weighted by Gasteiger charge is 2.15. The average molecular weight is 305 g/mol. The molecule has 4 nitrogen and oxygen atoms in total. The van der Waals surface area contributed by atoms with E-state index in [9.17, 15) is 4.79 Å². The SMILES string of the molecule is Cc1cc(C)c(NC(=O)c2cc3ccccc3nc2N)c(C)c1. The maximum absolute atomic E-state index is 12.6. The third-order valence-electron chi connectivity index (χ3n) is 3.91. The second kappa shape index (κ2) is 5.72. The Hall–Kier alpha value is -2.88. The normalized spacial score (nSPS) is 10.7. The summed E-state index contributed by atoms with van der Waals surface area (Å²) in [5.74, 6) is -0.000533. The van der Waals surface area contributed by atoms with E-state index in [1.807, 2.05) is 57.2 Å². The average Bonchev–Trinajstić information content (AvgIpc) is 2.50. The molecular weight excluding hydrogens is 286 g/mol. The Morgan fingerprint density at radius 1 is 1.04 bits per heavy atom. The largest absolute Gasteiger partial charge is 0.383 e. The monoisotopic (exact) mass is 305 g/mol. The summed E-state index contributed by atoms with van der Waals surface area (Å²) in [5.41, 5.74) is 11.2. The van der Waals surface area contributed by atoms with E-state index in [-0.39, 0.29) is 11.7 Å². The number of anilines is 2. The Kier molecular flexibility index (Phi) is 3.74. The fourth-order valence-corrected chi connectivity index (χ4v) is 2.87. The first-order chi connectivity index (χ1) is 11.0. The summed E-state index contributed by atoms with van der Waals surface area (Å²) >= 11 is 0. The number of hydrogen-bond acceptors (Lipinski definition) is 3. The number of nitrogens with zero attached hydrogens (tertiary/aromatic N) is 1. The molecule has 0 fully saturated rings. The molecule has 3 aromatic rings. The number of carbonyl (C=O) groups excluding carboxylic acids is 1. The Bertz CT molecular complexity index is 893. The van der Waals surface area contributed by atoms with Crippen LogP contribution >= 0.6 is 0 Å². The quantitative estimate of drug-likeness (QED) is 0.752. The third-order valence-corrected chi connectivity index (χ3v) is 3.91. The van der Waals surface area contributed by atoms with Crippen LogP contribution in [0.3, 0.4) is 0 Å². The van der Waals surface area contributed by atoms with Crippen molar-refractivity contribution >= 4 is 28.3 Å². The fraction of sp³-hybridized carbons (Fsp3) is 0.158. The van der Waals surface area contributed by atoms with Crippen molar-refractivity contribution in [3.63, 3.8) is 0 Å². The number of aromatic nitrogens is 1. The number of nitrogens with two attached hydrogens (primary N) is 1. The molecule has 3 N–H and O–H groups in total. The van der Waals surface area contributed by atoms with Gasteiger partial charge in [-0.15, -0.1) is 0 Å². The molecule has 0 saturated carbocycles. The first-order valence-corrected chi connectivity index (χ1v) is 7.50. The number of pyridine rings is 1. The van der Waals surface area contributed by atoms with Crippen LogP contribution < -0.4 is 11.1 Å². The van der Waals surface area contributed by atoms with Gasteiger partial charge in [-0.3, -0.25) is 4.79 Å². The predicted octanol–water partition coefficient (Wildman–Crippen LogP) is 3.99. The second-order valence-corrected chi connectivity index (χ2v) is 5.84. The lowest BCUT2D eigenvalue weighted by Gasteiger charge is -2.14. The molecule has 116 valence electrons. The van der Waals surface area contributed by atoms with Crippen LogP contribution in [-0.2, 0) is 0 Å². The van der Waals surface area contributed by atoms with E-state index in [0.29, 0.717) is 5.56 Å². The Morgan fingerprint density at radius 3 is 2.39 bits per heavy atom. The van der Waals surface area contributed by atoms with Crippen molar-refractivity contribution in [1.82, 2.24) is 4.98 Å². The molecule has 23 heavy (non-hydrogen) atoms. The number of fused-ring (bicyclic) bond motifs is 1. The van der Waals surface area contributed by atoms with Crippen LogP contribution in [-0.4, -0.2) is 10.9 Å². The molecule has 0 spiro atoms. The van der Waals surface area contributed by atoms with Gasteiger partial charge in [0, 0.05) is 11.1 Å². The lowest BCUT2D eigenvalue weighted by Crippen LogP contribution is -2.16. The van der Waals surface area contributed by atoms with Gasteiger partial charge in [0.15, 0.2) is 0 Å². The zero-order valence-electron chi connectivity index (χ0n) is 13.5. The van der Waals surface area contributed by atoms with Crippen molar-refractivity contribution in [3.8, 4) is 0 Å². The maximum atomic E-state index is 12.6. The van der Waals surface area contributed by atoms with E-state index in [1.165, 1.54) is 5.56 Å². The smallest absolute Gasteiger partial charge is 0.259 e. The molecule has 0 unspecified atom stereocenters. The highest BCUT2D eigenvalue weighted by Crippen LogP contribution is 2.24. The Labute approximate surface area is 135 Å². The fourth-order valence-electron chi connectivity index (χ4n) is 2.87. The van der Waals surface area contributed by atoms with E-state index < -0.39 is 0 Å². The van der Waals surface area contributed by atoms with Crippen LogP contribution in [0.2, 0.25) is 0 Å². The molecule has 1 aromatic heterocycles. The summed E-state index contributed by atoms with van der Waals surface area (Å²) in [6.07, 6.45) is 0. The number of nitrogen functional groups attached to an aromatic ring is 1. The van der Waals surface area contributed by atoms with Crippen LogP contribution in [0, 0.1) is 20.8 Å². The zero-order valence-corrected chi connectivity index (χ0v) is 13.5. The van der Waals surface area contributed by atoms with E-state index >= 15 is 0 Å². The number of benzene rings is 2. The van der Waals surface area contributed by atoms with Crippen molar-refractivity contribution in [2.24, 2.45) is 0 Å². The van der Waals surface area contributed by atoms with Crippen molar-refractivity contribution in [2.45, 2.75) is 20.8 Å². The first-order valence-electron chi connectivity index (χ1n) is 7.50. The number of para-hydroxylation sites is 1. The topological polar surface area (TPSA) is 68.0 Å². The van der Waals surface area contributed by atoms with Gasteiger partial charge in [0.25, 0.3) is 5.91 Å². The Balaban J connectivity index is 2.00. The van der Waals surface area contributed by atoms with E-state index in [0.717, 1.165) is 27.7 Å². The van der Waals surface area contributed by atoms with Gasteiger partial charge in [-0.2, -0.15) is 0 Å². The number of nitrogens with one attached hydrogen (secondary N) is 1. The molecule has 1 amide bonds. The summed E-state index contributed by atoms with van der Waals surface area (Å²) < 4.78 is 0. The minimum absolute atomic E-state index is 0.239. The van der Waals surface area contributed by atoms with Gasteiger partial charge >= 0.3 is 0 Å². The van der Waals surface area contributed by atoms with Crippen LogP contribution in [0.5, 0.6) is 0 Å². The highest BCUT2D eigenvalue weighted by atomic mass is 16.1. The predicted molar refractivity (Wildman–Crippen MR) is 94.8 cm³/mol. The lowest BCUT2D eigenvalue weighted by atomic mass is 10.0. The van der Waals surface area contributed by atoms with E-state index in [2.05, 4.69) is 10.3 Å². The minimum Gasteiger partial charge on any atom is -0.383 e. The van der Waals surface area contributed by atoms with Gasteiger partial charge in [-0.05, 0) is 44.0 Å². The highest BCUT2D eigenvalue weighted by molar-refractivity contribution is 6.09. The number of carbonyl (C=O) groups is 1. The molecule has 0 bridgehead atoms. The number of hydrogen-bond donors (Lipinski definition) is 2. The molecule has 3 rings (SSSR count). The van der Waals surface area contributed by atoms with Crippen molar-refractivity contribution < 1.29 is 4.79 Å². The van der Waals surface area contributed by atoms with E-state index in [4.69, 9.17) is 5.73 Å². The van der Waals surface area contributed by atoms with Crippen LogP contribution in [0.4, 0.5) is 11.5 Å². The zero-order chi connectivity index (χ0) is 16.6. The minimum atomic E-state index is -0.240. The molecule has 0 aliphatic heterocycles. The first kappa shape index (κ1) is 15.0. The molecule has 0 saturated heterocycles. The van der Waals surface area contributed by atoms with Crippen LogP contribution in [0.15, 0.2) is 42.5 Å². The molecule has 0 aliphatic carbocycles. The van der Waals surface area contributed by atoms with Crippen LogP contribution in [0.25, 0.3) is 10.9 Å². The van der Waals surface area contributed by atoms with Gasteiger partial charge in [0.1, 0.15) is 5.82 Å². The van der Waals surface area contributed by atoms with Gasteiger partial charge in [0.05, 0.1) is 11.1 Å². The molecule has 0 atom stereocenters. The van der Waals surface area contributed by atoms with Gasteiger partial charge in [-0.25, -0.2) is 4.98 Å². The van der Waals surface area contributed by atoms with Gasteiger partial charge < -0.3 is 11.1 Å². The van der Waals surface area contributed by atoms with Crippen LogP contribution in [0.1, 0.15) is 27.0 Å². The maximum Gasteiger partial charge on any atom is 0.259 e.